The highest BCUT2D eigenvalue weighted by Gasteiger charge is 2.48. The van der Waals surface area contributed by atoms with Gasteiger partial charge in [-0.1, -0.05) is 30.3 Å². The number of carbonyl (C=O) groups excluding carboxylic acids is 2. The number of hydrogen-bond acceptors (Lipinski definition) is 4. The molecular formula is C21H25F6NO4. The number of likely N-dealkylation sites (tertiary alicyclic amines) is 1. The molecule has 0 radical (unpaired) electrons. The van der Waals surface area contributed by atoms with Crippen LogP contribution in [0, 0.1) is 11.8 Å². The summed E-state index contributed by atoms with van der Waals surface area (Å²) < 4.78 is 73.1. The van der Waals surface area contributed by atoms with E-state index in [1.165, 1.54) is 4.90 Å². The number of Topliss-reactive ketones (excluding diaryl/α,β-unsaturated/α-hetero) is 1. The molecule has 0 spiro atoms. The van der Waals surface area contributed by atoms with E-state index in [-0.39, 0.29) is 50.0 Å². The number of nitrogens with zero attached hydrogens (tertiary/aromatic N) is 1. The van der Waals surface area contributed by atoms with Crippen molar-refractivity contribution < 1.29 is 46.1 Å². The lowest BCUT2D eigenvalue weighted by Gasteiger charge is -2.26. The molecular weight excluding hydrogens is 444 g/mol. The van der Waals surface area contributed by atoms with Crippen LogP contribution in [0.25, 0.3) is 0 Å². The fourth-order valence-electron chi connectivity index (χ4n) is 3.90. The number of aliphatic hydroxyl groups excluding tert-OH is 2. The minimum absolute atomic E-state index is 0.0738. The van der Waals surface area contributed by atoms with E-state index in [0.29, 0.717) is 0 Å². The van der Waals surface area contributed by atoms with E-state index in [2.05, 4.69) is 0 Å². The molecule has 180 valence electrons. The van der Waals surface area contributed by atoms with Crippen LogP contribution in [0.15, 0.2) is 30.3 Å². The number of amides is 1. The third kappa shape index (κ3) is 6.68. The Morgan fingerprint density at radius 3 is 1.91 bits per heavy atom. The molecule has 5 atom stereocenters. The van der Waals surface area contributed by atoms with Gasteiger partial charge in [0.2, 0.25) is 5.91 Å². The van der Waals surface area contributed by atoms with Gasteiger partial charge in [0.05, 0.1) is 6.04 Å². The molecule has 2 unspecified atom stereocenters. The zero-order valence-electron chi connectivity index (χ0n) is 17.2. The lowest BCUT2D eigenvalue weighted by Crippen LogP contribution is -2.37. The second-order valence-electron chi connectivity index (χ2n) is 8.11. The zero-order valence-corrected chi connectivity index (χ0v) is 17.2. The summed E-state index contributed by atoms with van der Waals surface area (Å²) in [5, 5.41) is 18.0. The van der Waals surface area contributed by atoms with Crippen LogP contribution in [0.1, 0.15) is 44.2 Å². The molecule has 1 aromatic carbocycles. The van der Waals surface area contributed by atoms with Gasteiger partial charge in [-0.15, -0.1) is 0 Å². The third-order valence-corrected chi connectivity index (χ3v) is 5.79. The maximum absolute atomic E-state index is 12.5. The highest BCUT2D eigenvalue weighted by molar-refractivity contribution is 5.80. The first-order valence-electron chi connectivity index (χ1n) is 10.1. The van der Waals surface area contributed by atoms with E-state index in [0.717, 1.165) is 5.56 Å². The molecule has 11 heteroatoms. The van der Waals surface area contributed by atoms with Crippen molar-refractivity contribution in [2.75, 3.05) is 6.54 Å². The van der Waals surface area contributed by atoms with Gasteiger partial charge < -0.3 is 15.1 Å². The minimum Gasteiger partial charge on any atom is -0.383 e. The van der Waals surface area contributed by atoms with Crippen LogP contribution in [-0.2, 0) is 9.59 Å². The smallest absolute Gasteiger partial charge is 0.383 e. The number of halogens is 6. The van der Waals surface area contributed by atoms with Crippen molar-refractivity contribution in [2.24, 2.45) is 11.8 Å². The van der Waals surface area contributed by atoms with Crippen LogP contribution >= 0.6 is 0 Å². The largest absolute Gasteiger partial charge is 0.414 e. The van der Waals surface area contributed by atoms with Crippen LogP contribution in [0.3, 0.4) is 0 Å². The number of hydrogen-bond donors (Lipinski definition) is 2. The lowest BCUT2D eigenvalue weighted by molar-refractivity contribution is -0.218. The molecule has 1 saturated heterocycles. The first-order chi connectivity index (χ1) is 14.7. The van der Waals surface area contributed by atoms with E-state index >= 15 is 0 Å². The normalized spacial score (nSPS) is 24.7. The predicted octanol–water partition coefficient (Wildman–Crippen LogP) is 3.80. The van der Waals surface area contributed by atoms with Gasteiger partial charge in [-0.2, -0.15) is 26.3 Å². The van der Waals surface area contributed by atoms with Gasteiger partial charge in [-0.05, 0) is 18.9 Å². The maximum Gasteiger partial charge on any atom is 0.414 e. The summed E-state index contributed by atoms with van der Waals surface area (Å²) in [6.45, 7) is 1.70. The molecule has 2 fully saturated rings. The van der Waals surface area contributed by atoms with Crippen LogP contribution in [0.5, 0.6) is 0 Å². The number of carbonyl (C=O) groups is 2. The molecule has 0 bridgehead atoms. The highest BCUT2D eigenvalue weighted by Crippen LogP contribution is 2.35. The molecule has 1 aliphatic carbocycles. The Kier molecular flexibility index (Phi) is 8.33. The molecule has 1 amide bonds. The van der Waals surface area contributed by atoms with Crippen molar-refractivity contribution in [3.63, 3.8) is 0 Å². The summed E-state index contributed by atoms with van der Waals surface area (Å²) >= 11 is 0. The first-order valence-corrected chi connectivity index (χ1v) is 10.1. The summed E-state index contributed by atoms with van der Waals surface area (Å²) in [7, 11) is 0. The topological polar surface area (TPSA) is 77.8 Å². The van der Waals surface area contributed by atoms with Gasteiger partial charge in [0.1, 0.15) is 5.78 Å². The maximum atomic E-state index is 12.5. The number of alkyl halides is 6. The van der Waals surface area contributed by atoms with Crippen molar-refractivity contribution in [3.05, 3.63) is 35.9 Å². The average molecular weight is 469 g/mol. The molecule has 1 aromatic rings. The van der Waals surface area contributed by atoms with Crippen molar-refractivity contribution in [2.45, 2.75) is 63.2 Å². The second kappa shape index (κ2) is 10.2. The number of benzene rings is 1. The quantitative estimate of drug-likeness (QED) is 0.658. The number of rotatable bonds is 4. The molecule has 1 heterocycles. The summed E-state index contributed by atoms with van der Waals surface area (Å²) in [4.78, 5) is 23.9. The van der Waals surface area contributed by atoms with Crippen molar-refractivity contribution >= 4 is 11.7 Å². The highest BCUT2D eigenvalue weighted by atomic mass is 19.4. The Bertz CT molecular complexity index is 783. The van der Waals surface area contributed by atoms with Gasteiger partial charge in [0.25, 0.3) is 0 Å². The molecule has 2 aliphatic rings. The second-order valence-corrected chi connectivity index (χ2v) is 8.11. The Labute approximate surface area is 181 Å². The Morgan fingerprint density at radius 2 is 1.44 bits per heavy atom. The van der Waals surface area contributed by atoms with Crippen molar-refractivity contribution in [1.29, 1.82) is 0 Å². The van der Waals surface area contributed by atoms with Gasteiger partial charge in [0, 0.05) is 37.6 Å². The summed E-state index contributed by atoms with van der Waals surface area (Å²) in [5.74, 6) is -2.55. The SMILES string of the molecule is C[C@H](c1ccccc1)N1C[C@H](C(O)C(F)(F)F)CC1=O.O=C1CC[C@H](C(O)C(F)(F)F)C1. The molecule has 1 saturated carbocycles. The molecule has 32 heavy (non-hydrogen) atoms. The standard InChI is InChI=1S/C14H16F3NO2.C7H9F3O2/c1-9(10-5-3-2-4-6-10)18-8-11(7-12(18)19)13(20)14(15,16)17;8-7(9,10)6(12)4-1-2-5(11)3-4/h2-6,9,11,13,20H,7-8H2,1H3;4,6,12H,1-3H2/t9-,11-,13?;4-,6?/m10/s1. The molecule has 5 nitrogen and oxygen atoms in total. The molecule has 3 rings (SSSR count). The molecule has 0 aromatic heterocycles. The number of aliphatic hydroxyl groups is 2. The predicted molar refractivity (Wildman–Crippen MR) is 101 cm³/mol. The van der Waals surface area contributed by atoms with Gasteiger partial charge in [0.15, 0.2) is 12.2 Å². The van der Waals surface area contributed by atoms with Gasteiger partial charge in [-0.25, -0.2) is 0 Å². The van der Waals surface area contributed by atoms with Gasteiger partial charge in [-0.3, -0.25) is 9.59 Å². The average Bonchev–Trinajstić information content (AvgIpc) is 3.31. The van der Waals surface area contributed by atoms with Gasteiger partial charge >= 0.3 is 12.4 Å². The summed E-state index contributed by atoms with van der Waals surface area (Å²) in [6, 6.07) is 8.81. The lowest BCUT2D eigenvalue weighted by atomic mass is 10.0. The van der Waals surface area contributed by atoms with Crippen molar-refractivity contribution in [1.82, 2.24) is 4.90 Å². The van der Waals surface area contributed by atoms with Crippen LogP contribution in [-0.4, -0.2) is 57.9 Å². The van der Waals surface area contributed by atoms with Crippen LogP contribution in [0.2, 0.25) is 0 Å². The third-order valence-electron chi connectivity index (χ3n) is 5.79. The molecule has 1 aliphatic heterocycles. The monoisotopic (exact) mass is 469 g/mol. The zero-order chi connectivity index (χ0) is 24.3. The van der Waals surface area contributed by atoms with E-state index in [9.17, 15) is 41.0 Å². The van der Waals surface area contributed by atoms with Crippen molar-refractivity contribution in [3.8, 4) is 0 Å². The summed E-state index contributed by atoms with van der Waals surface area (Å²) in [5.41, 5.74) is 0.864. The fourth-order valence-corrected chi connectivity index (χ4v) is 3.90. The van der Waals surface area contributed by atoms with E-state index in [1.54, 1.807) is 6.92 Å². The molecule has 2 N–H and O–H groups in total. The van der Waals surface area contributed by atoms with E-state index < -0.39 is 36.4 Å². The van der Waals surface area contributed by atoms with E-state index in [1.807, 2.05) is 30.3 Å². The van der Waals surface area contributed by atoms with Crippen LogP contribution in [0.4, 0.5) is 26.3 Å². The Hall–Kier alpha value is -2.14. The Morgan fingerprint density at radius 1 is 0.906 bits per heavy atom. The fraction of sp³-hybridized carbons (Fsp3) is 0.619. The summed E-state index contributed by atoms with van der Waals surface area (Å²) in [6.07, 6.45) is -14.1. The first kappa shape index (κ1) is 26.1. The van der Waals surface area contributed by atoms with Crippen LogP contribution < -0.4 is 0 Å². The van der Waals surface area contributed by atoms with E-state index in [4.69, 9.17) is 5.11 Å². The minimum atomic E-state index is -4.68. The Balaban J connectivity index is 0.000000258. The number of ketones is 1.